The van der Waals surface area contributed by atoms with Gasteiger partial charge in [0.25, 0.3) is 0 Å². The summed E-state index contributed by atoms with van der Waals surface area (Å²) in [5.74, 6) is 1.03. The molecule has 116 valence electrons. The van der Waals surface area contributed by atoms with Gasteiger partial charge in [-0.3, -0.25) is 4.90 Å². The van der Waals surface area contributed by atoms with Crippen LogP contribution in [0, 0.1) is 11.3 Å². The van der Waals surface area contributed by atoms with Gasteiger partial charge in [-0.25, -0.2) is 0 Å². The molecule has 20 heavy (non-hydrogen) atoms. The molecule has 2 heteroatoms. The molecule has 0 bridgehead atoms. The smallest absolute Gasteiger partial charge is 0.0274 e. The maximum Gasteiger partial charge on any atom is 0.0274 e. The number of hydrogen-bond donors (Lipinski definition) is 1. The Morgan fingerprint density at radius 1 is 1.10 bits per heavy atom. The molecular weight excluding hydrogens is 244 g/mol. The highest BCUT2D eigenvalue weighted by Crippen LogP contribution is 2.43. The van der Waals surface area contributed by atoms with Gasteiger partial charge in [0, 0.05) is 24.7 Å². The summed E-state index contributed by atoms with van der Waals surface area (Å²) in [5.41, 5.74) is 0.467. The zero-order chi connectivity index (χ0) is 14.2. The van der Waals surface area contributed by atoms with Crippen molar-refractivity contribution in [3.8, 4) is 0 Å². The fraction of sp³-hybridized carbons (Fsp3) is 1.00. The highest BCUT2D eigenvalue weighted by Gasteiger charge is 2.46. The van der Waals surface area contributed by atoms with Crippen LogP contribution in [0.1, 0.15) is 72.1 Å². The van der Waals surface area contributed by atoms with Crippen LogP contribution in [0.25, 0.3) is 0 Å². The summed E-state index contributed by atoms with van der Waals surface area (Å²) in [6.45, 7) is 9.87. The van der Waals surface area contributed by atoms with Crippen molar-refractivity contribution in [1.82, 2.24) is 10.2 Å². The fourth-order valence-electron chi connectivity index (χ4n) is 4.24. The molecule has 2 atom stereocenters. The molecule has 2 nitrogen and oxygen atoms in total. The monoisotopic (exact) mass is 278 g/mol. The highest BCUT2D eigenvalue weighted by molar-refractivity contribution is 5.02. The second kappa shape index (κ2) is 5.96. The Kier molecular flexibility index (Phi) is 4.42. The molecule has 0 aromatic carbocycles. The summed E-state index contributed by atoms with van der Waals surface area (Å²) in [6.07, 6.45) is 11.4. The normalized spacial score (nSPS) is 33.6. The zero-order valence-corrected chi connectivity index (χ0v) is 13.8. The Labute approximate surface area is 125 Å². The lowest BCUT2D eigenvalue weighted by Crippen LogP contribution is -2.59. The van der Waals surface area contributed by atoms with E-state index in [4.69, 9.17) is 0 Å². The third-order valence-corrected chi connectivity index (χ3v) is 5.77. The predicted molar refractivity (Wildman–Crippen MR) is 86.0 cm³/mol. The summed E-state index contributed by atoms with van der Waals surface area (Å²) in [7, 11) is 0. The standard InChI is InChI=1S/C18H34N2/c1-4-12-19-17-16(6-5-11-18(17,2)3)20(15-9-10-15)13-14-7-8-14/h14-17,19H,4-13H2,1-3H3. The first-order valence-electron chi connectivity index (χ1n) is 9.11. The molecule has 3 aliphatic carbocycles. The van der Waals surface area contributed by atoms with Crippen LogP contribution in [0.15, 0.2) is 0 Å². The first-order valence-corrected chi connectivity index (χ1v) is 9.11. The average Bonchev–Trinajstić information content (AvgIpc) is 3.26. The minimum atomic E-state index is 0.467. The van der Waals surface area contributed by atoms with Crippen molar-refractivity contribution in [2.45, 2.75) is 90.3 Å². The van der Waals surface area contributed by atoms with Gasteiger partial charge in [-0.15, -0.1) is 0 Å². The van der Waals surface area contributed by atoms with Crippen molar-refractivity contribution < 1.29 is 0 Å². The molecule has 3 fully saturated rings. The van der Waals surface area contributed by atoms with E-state index in [1.54, 1.807) is 0 Å². The minimum Gasteiger partial charge on any atom is -0.312 e. The number of rotatable bonds is 7. The molecule has 0 aromatic heterocycles. The van der Waals surface area contributed by atoms with Gasteiger partial charge in [0.15, 0.2) is 0 Å². The molecule has 0 aromatic rings. The maximum atomic E-state index is 3.93. The van der Waals surface area contributed by atoms with Crippen LogP contribution in [-0.4, -0.2) is 36.1 Å². The predicted octanol–water partition coefficient (Wildman–Crippen LogP) is 3.81. The van der Waals surface area contributed by atoms with Crippen molar-refractivity contribution in [3.05, 3.63) is 0 Å². The lowest BCUT2D eigenvalue weighted by atomic mass is 9.70. The van der Waals surface area contributed by atoms with Crippen LogP contribution in [0.2, 0.25) is 0 Å². The van der Waals surface area contributed by atoms with Gasteiger partial charge >= 0.3 is 0 Å². The van der Waals surface area contributed by atoms with Crippen LogP contribution in [0.3, 0.4) is 0 Å². The molecule has 3 aliphatic rings. The third kappa shape index (κ3) is 3.39. The summed E-state index contributed by atoms with van der Waals surface area (Å²) in [5, 5.41) is 3.93. The zero-order valence-electron chi connectivity index (χ0n) is 13.8. The molecule has 1 N–H and O–H groups in total. The van der Waals surface area contributed by atoms with Gasteiger partial charge in [0.2, 0.25) is 0 Å². The minimum absolute atomic E-state index is 0.467. The van der Waals surface area contributed by atoms with E-state index in [0.29, 0.717) is 11.5 Å². The van der Waals surface area contributed by atoms with Crippen molar-refractivity contribution in [1.29, 1.82) is 0 Å². The molecule has 0 heterocycles. The first-order chi connectivity index (χ1) is 9.62. The highest BCUT2D eigenvalue weighted by atomic mass is 15.2. The van der Waals surface area contributed by atoms with E-state index in [-0.39, 0.29) is 0 Å². The van der Waals surface area contributed by atoms with Gasteiger partial charge in [0.1, 0.15) is 0 Å². The molecule has 0 saturated heterocycles. The van der Waals surface area contributed by atoms with Crippen LogP contribution < -0.4 is 5.32 Å². The maximum absolute atomic E-state index is 3.93. The summed E-state index contributed by atoms with van der Waals surface area (Å²) in [4.78, 5) is 2.94. The van der Waals surface area contributed by atoms with Gasteiger partial charge in [0.05, 0.1) is 0 Å². The molecule has 0 aliphatic heterocycles. The second-order valence-electron chi connectivity index (χ2n) is 8.25. The number of nitrogens with one attached hydrogen (secondary N) is 1. The Bertz CT molecular complexity index is 317. The largest absolute Gasteiger partial charge is 0.312 e. The molecule has 3 saturated carbocycles. The van der Waals surface area contributed by atoms with E-state index in [0.717, 1.165) is 18.0 Å². The lowest BCUT2D eigenvalue weighted by molar-refractivity contribution is 0.0405. The van der Waals surface area contributed by atoms with Gasteiger partial charge < -0.3 is 5.32 Å². The number of hydrogen-bond acceptors (Lipinski definition) is 2. The van der Waals surface area contributed by atoms with Crippen LogP contribution in [0.4, 0.5) is 0 Å². The SMILES string of the molecule is CCCNC1C(N(CC2CC2)C2CC2)CCCC1(C)C. The quantitative estimate of drug-likeness (QED) is 0.762. The number of nitrogens with zero attached hydrogens (tertiary/aromatic N) is 1. The van der Waals surface area contributed by atoms with Crippen molar-refractivity contribution in [2.24, 2.45) is 11.3 Å². The van der Waals surface area contributed by atoms with E-state index in [1.165, 1.54) is 64.5 Å². The second-order valence-corrected chi connectivity index (χ2v) is 8.25. The van der Waals surface area contributed by atoms with E-state index in [9.17, 15) is 0 Å². The Morgan fingerprint density at radius 2 is 1.85 bits per heavy atom. The molecule has 3 rings (SSSR count). The first kappa shape index (κ1) is 14.8. The van der Waals surface area contributed by atoms with Crippen LogP contribution in [-0.2, 0) is 0 Å². The van der Waals surface area contributed by atoms with Gasteiger partial charge in [-0.2, -0.15) is 0 Å². The van der Waals surface area contributed by atoms with E-state index < -0.39 is 0 Å². The van der Waals surface area contributed by atoms with Crippen molar-refractivity contribution >= 4 is 0 Å². The van der Waals surface area contributed by atoms with Gasteiger partial charge in [-0.05, 0) is 62.8 Å². The van der Waals surface area contributed by atoms with Crippen LogP contribution in [0.5, 0.6) is 0 Å². The molecule has 0 amide bonds. The Hall–Kier alpha value is -0.0800. The van der Waals surface area contributed by atoms with E-state index >= 15 is 0 Å². The molecule has 0 radical (unpaired) electrons. The van der Waals surface area contributed by atoms with Crippen molar-refractivity contribution in [3.63, 3.8) is 0 Å². The Balaban J connectivity index is 1.71. The topological polar surface area (TPSA) is 15.3 Å². The summed E-state index contributed by atoms with van der Waals surface area (Å²) >= 11 is 0. The molecule has 0 spiro atoms. The van der Waals surface area contributed by atoms with E-state index in [2.05, 4.69) is 31.0 Å². The Morgan fingerprint density at radius 3 is 2.45 bits per heavy atom. The van der Waals surface area contributed by atoms with Gasteiger partial charge in [-0.1, -0.05) is 27.2 Å². The summed E-state index contributed by atoms with van der Waals surface area (Å²) in [6, 6.07) is 2.44. The molecular formula is C18H34N2. The molecule has 2 unspecified atom stereocenters. The lowest BCUT2D eigenvalue weighted by Gasteiger charge is -2.49. The fourth-order valence-corrected chi connectivity index (χ4v) is 4.24. The summed E-state index contributed by atoms with van der Waals surface area (Å²) < 4.78 is 0. The average molecular weight is 278 g/mol. The van der Waals surface area contributed by atoms with E-state index in [1.807, 2.05) is 0 Å². The van der Waals surface area contributed by atoms with Crippen LogP contribution >= 0.6 is 0 Å². The van der Waals surface area contributed by atoms with Crippen molar-refractivity contribution in [2.75, 3.05) is 13.1 Å². The third-order valence-electron chi connectivity index (χ3n) is 5.77.